The van der Waals surface area contributed by atoms with E-state index in [2.05, 4.69) is 20.8 Å². The van der Waals surface area contributed by atoms with Gasteiger partial charge in [0.05, 0.1) is 0 Å². The quantitative estimate of drug-likeness (QED) is 0.640. The van der Waals surface area contributed by atoms with Crippen LogP contribution in [0.3, 0.4) is 0 Å². The van der Waals surface area contributed by atoms with Crippen LogP contribution in [0.15, 0.2) is 18.2 Å². The molecule has 1 aromatic carbocycles. The summed E-state index contributed by atoms with van der Waals surface area (Å²) in [5, 5.41) is 0. The van der Waals surface area contributed by atoms with Crippen LogP contribution < -0.4 is 0 Å². The molecule has 0 saturated carbocycles. The fourth-order valence-corrected chi connectivity index (χ4v) is 2.02. The van der Waals surface area contributed by atoms with Gasteiger partial charge in [-0.05, 0) is 29.0 Å². The number of rotatable bonds is 3. The Morgan fingerprint density at radius 2 is 1.58 bits per heavy atom. The Balaban J connectivity index is 0.00000154. The third kappa shape index (κ3) is 5.30. The van der Waals surface area contributed by atoms with Gasteiger partial charge in [0.15, 0.2) is 0 Å². The molecule has 0 N–H and O–H groups in total. The Morgan fingerprint density at radius 1 is 1.05 bits per heavy atom. The van der Waals surface area contributed by atoms with Crippen LogP contribution in [0, 0.1) is 6.92 Å². The fourth-order valence-electron chi connectivity index (χ4n) is 2.02. The van der Waals surface area contributed by atoms with E-state index in [9.17, 15) is 8.78 Å². The monoisotopic (exact) mass is 270 g/mol. The molecule has 0 nitrogen and oxygen atoms in total. The van der Waals surface area contributed by atoms with E-state index >= 15 is 0 Å². The van der Waals surface area contributed by atoms with Gasteiger partial charge in [-0.3, -0.25) is 0 Å². The van der Waals surface area contributed by atoms with Gasteiger partial charge in [0.2, 0.25) is 0 Å². The van der Waals surface area contributed by atoms with E-state index in [1.165, 1.54) is 6.92 Å². The predicted octanol–water partition coefficient (Wildman–Crippen LogP) is 5.91. The summed E-state index contributed by atoms with van der Waals surface area (Å²) in [7, 11) is 0. The van der Waals surface area contributed by atoms with E-state index in [0.29, 0.717) is 0 Å². The normalized spacial score (nSPS) is 11.8. The van der Waals surface area contributed by atoms with E-state index in [0.717, 1.165) is 16.7 Å². The van der Waals surface area contributed by atoms with E-state index in [-0.39, 0.29) is 18.3 Å². The Labute approximate surface area is 117 Å². The highest BCUT2D eigenvalue weighted by molar-refractivity contribution is 5.39. The second kappa shape index (κ2) is 7.02. The zero-order valence-corrected chi connectivity index (χ0v) is 13.4. The zero-order chi connectivity index (χ0) is 15.3. The van der Waals surface area contributed by atoms with E-state index in [4.69, 9.17) is 0 Å². The predicted molar refractivity (Wildman–Crippen MR) is 80.2 cm³/mol. The minimum Gasteiger partial charge on any atom is -0.207 e. The van der Waals surface area contributed by atoms with Crippen molar-refractivity contribution in [2.45, 2.75) is 72.6 Å². The SMILES string of the molecule is CC.CCC(F)(F)Cc1c(C)cccc1C(C)(C)C. The maximum atomic E-state index is 13.6. The van der Waals surface area contributed by atoms with Crippen molar-refractivity contribution in [3.8, 4) is 0 Å². The van der Waals surface area contributed by atoms with Crippen molar-refractivity contribution in [1.82, 2.24) is 0 Å². The van der Waals surface area contributed by atoms with Crippen molar-refractivity contribution < 1.29 is 8.78 Å². The van der Waals surface area contributed by atoms with Crippen LogP contribution in [0.5, 0.6) is 0 Å². The van der Waals surface area contributed by atoms with Gasteiger partial charge in [-0.2, -0.15) is 0 Å². The van der Waals surface area contributed by atoms with Gasteiger partial charge in [-0.15, -0.1) is 0 Å². The third-order valence-corrected chi connectivity index (χ3v) is 3.17. The van der Waals surface area contributed by atoms with Crippen LogP contribution in [0.1, 0.15) is 64.7 Å². The molecule has 0 heterocycles. The minimum absolute atomic E-state index is 0.0921. The smallest absolute Gasteiger partial charge is 0.207 e. The average molecular weight is 270 g/mol. The number of aryl methyl sites for hydroxylation is 1. The molecular weight excluding hydrogens is 242 g/mol. The number of benzene rings is 1. The fraction of sp³-hybridized carbons (Fsp3) is 0.647. The topological polar surface area (TPSA) is 0 Å². The second-order valence-corrected chi connectivity index (χ2v) is 5.74. The highest BCUT2D eigenvalue weighted by Gasteiger charge is 2.30. The van der Waals surface area contributed by atoms with Crippen molar-refractivity contribution in [2.24, 2.45) is 0 Å². The van der Waals surface area contributed by atoms with Crippen molar-refractivity contribution >= 4 is 0 Å². The summed E-state index contributed by atoms with van der Waals surface area (Å²) in [6.07, 6.45) is -0.256. The molecule has 1 aromatic rings. The Hall–Kier alpha value is -0.920. The van der Waals surface area contributed by atoms with Gasteiger partial charge < -0.3 is 0 Å². The summed E-state index contributed by atoms with van der Waals surface area (Å²) in [6, 6.07) is 5.83. The maximum absolute atomic E-state index is 13.6. The zero-order valence-electron chi connectivity index (χ0n) is 13.4. The third-order valence-electron chi connectivity index (χ3n) is 3.17. The number of hydrogen-bond acceptors (Lipinski definition) is 0. The molecule has 0 unspecified atom stereocenters. The van der Waals surface area contributed by atoms with Gasteiger partial charge >= 0.3 is 0 Å². The first-order chi connectivity index (χ1) is 8.67. The molecule has 0 amide bonds. The van der Waals surface area contributed by atoms with Crippen molar-refractivity contribution in [2.75, 3.05) is 0 Å². The van der Waals surface area contributed by atoms with Gasteiger partial charge in [0.1, 0.15) is 0 Å². The highest BCUT2D eigenvalue weighted by atomic mass is 19.3. The Morgan fingerprint density at radius 3 is 2.00 bits per heavy atom. The molecule has 0 bridgehead atoms. The summed E-state index contributed by atoms with van der Waals surface area (Å²) in [5.74, 6) is -2.61. The second-order valence-electron chi connectivity index (χ2n) is 5.74. The minimum atomic E-state index is -2.61. The molecule has 0 aliphatic rings. The molecule has 19 heavy (non-hydrogen) atoms. The number of alkyl halides is 2. The molecule has 0 saturated heterocycles. The molecule has 0 aliphatic heterocycles. The lowest BCUT2D eigenvalue weighted by Crippen LogP contribution is -2.23. The van der Waals surface area contributed by atoms with Crippen LogP contribution in [0.25, 0.3) is 0 Å². The Kier molecular flexibility index (Phi) is 6.68. The molecule has 110 valence electrons. The first-order valence-corrected chi connectivity index (χ1v) is 7.14. The van der Waals surface area contributed by atoms with Gasteiger partial charge in [-0.1, -0.05) is 59.7 Å². The maximum Gasteiger partial charge on any atom is 0.251 e. The number of hydrogen-bond donors (Lipinski definition) is 0. The molecular formula is C17H28F2. The van der Waals surface area contributed by atoms with Crippen LogP contribution in [-0.2, 0) is 11.8 Å². The van der Waals surface area contributed by atoms with Crippen molar-refractivity contribution in [1.29, 1.82) is 0 Å². The van der Waals surface area contributed by atoms with Crippen LogP contribution in [-0.4, -0.2) is 5.92 Å². The van der Waals surface area contributed by atoms with Crippen LogP contribution in [0.4, 0.5) is 8.78 Å². The lowest BCUT2D eigenvalue weighted by molar-refractivity contribution is -0.00267. The van der Waals surface area contributed by atoms with Gasteiger partial charge in [0.25, 0.3) is 5.92 Å². The van der Waals surface area contributed by atoms with Crippen LogP contribution in [0.2, 0.25) is 0 Å². The lowest BCUT2D eigenvalue weighted by Gasteiger charge is -2.26. The van der Waals surface area contributed by atoms with E-state index < -0.39 is 5.92 Å². The molecule has 1 rings (SSSR count). The number of halogens is 2. The summed E-state index contributed by atoms with van der Waals surface area (Å²) >= 11 is 0. The molecule has 0 fully saturated rings. The average Bonchev–Trinajstić information content (AvgIpc) is 2.33. The summed E-state index contributed by atoms with van der Waals surface area (Å²) in [6.45, 7) is 13.6. The van der Waals surface area contributed by atoms with Crippen molar-refractivity contribution in [3.63, 3.8) is 0 Å². The van der Waals surface area contributed by atoms with Crippen LogP contribution >= 0.6 is 0 Å². The summed E-state index contributed by atoms with van der Waals surface area (Å²) in [4.78, 5) is 0. The largest absolute Gasteiger partial charge is 0.251 e. The molecule has 2 heteroatoms. The van der Waals surface area contributed by atoms with Crippen molar-refractivity contribution in [3.05, 3.63) is 34.9 Å². The summed E-state index contributed by atoms with van der Waals surface area (Å²) in [5.41, 5.74) is 2.72. The standard InChI is InChI=1S/C15H22F2.C2H6/c1-6-15(16,17)10-12-11(2)8-7-9-13(12)14(3,4)5;1-2/h7-9H,6,10H2,1-5H3;1-2H3. The molecule has 0 spiro atoms. The molecule has 0 radical (unpaired) electrons. The molecule has 0 aliphatic carbocycles. The Bertz CT molecular complexity index is 387. The van der Waals surface area contributed by atoms with E-state index in [1.807, 2.05) is 39.0 Å². The van der Waals surface area contributed by atoms with Gasteiger partial charge in [-0.25, -0.2) is 8.78 Å². The van der Waals surface area contributed by atoms with Gasteiger partial charge in [0, 0.05) is 12.8 Å². The molecule has 0 aromatic heterocycles. The highest BCUT2D eigenvalue weighted by Crippen LogP contribution is 2.33. The first-order valence-electron chi connectivity index (χ1n) is 7.14. The summed E-state index contributed by atoms with van der Waals surface area (Å²) < 4.78 is 27.2. The lowest BCUT2D eigenvalue weighted by atomic mass is 9.80. The first kappa shape index (κ1) is 18.1. The van der Waals surface area contributed by atoms with E-state index in [1.54, 1.807) is 0 Å². The molecule has 0 atom stereocenters.